The highest BCUT2D eigenvalue weighted by molar-refractivity contribution is 5.96. The normalized spacial score (nSPS) is 14.9. The van der Waals surface area contributed by atoms with Crippen LogP contribution in [0.1, 0.15) is 61.8 Å². The van der Waals surface area contributed by atoms with Gasteiger partial charge in [-0.25, -0.2) is 4.98 Å². The largest absolute Gasteiger partial charge is 0.437 e. The van der Waals surface area contributed by atoms with E-state index >= 15 is 0 Å². The molecule has 1 aliphatic heterocycles. The molecule has 0 spiro atoms. The van der Waals surface area contributed by atoms with E-state index in [2.05, 4.69) is 32.2 Å². The van der Waals surface area contributed by atoms with Gasteiger partial charge in [-0.05, 0) is 31.5 Å². The second-order valence-corrected chi connectivity index (χ2v) is 8.80. The third-order valence-electron chi connectivity index (χ3n) is 5.98. The zero-order valence-corrected chi connectivity index (χ0v) is 19.9. The van der Waals surface area contributed by atoms with E-state index in [9.17, 15) is 4.79 Å². The molecule has 0 bridgehead atoms. The lowest BCUT2D eigenvalue weighted by atomic mass is 10.1. The van der Waals surface area contributed by atoms with Crippen molar-refractivity contribution in [3.63, 3.8) is 0 Å². The summed E-state index contributed by atoms with van der Waals surface area (Å²) in [5.41, 5.74) is 13.4. The fraction of sp³-hybridized carbons (Fsp3) is 0.417. The first-order valence-corrected chi connectivity index (χ1v) is 11.6. The van der Waals surface area contributed by atoms with Gasteiger partial charge in [0.2, 0.25) is 5.88 Å². The minimum Gasteiger partial charge on any atom is -0.437 e. The number of rotatable bonds is 8. The summed E-state index contributed by atoms with van der Waals surface area (Å²) < 4.78 is 7.99. The number of hydrogen-bond acceptors (Lipinski definition) is 8. The smallest absolute Gasteiger partial charge is 0.271 e. The molecule has 5 N–H and O–H groups in total. The minimum absolute atomic E-state index is 0.0487. The average Bonchev–Trinajstić information content (AvgIpc) is 3.27. The first-order chi connectivity index (χ1) is 16.3. The van der Waals surface area contributed by atoms with Gasteiger partial charge in [-0.15, -0.1) is 0 Å². The summed E-state index contributed by atoms with van der Waals surface area (Å²) in [6.07, 6.45) is 5.73. The summed E-state index contributed by atoms with van der Waals surface area (Å²) in [6.45, 7) is 9.26. The van der Waals surface area contributed by atoms with Crippen molar-refractivity contribution in [1.82, 2.24) is 24.6 Å². The number of benzene rings is 1. The molecule has 1 saturated heterocycles. The van der Waals surface area contributed by atoms with Gasteiger partial charge < -0.3 is 26.4 Å². The highest BCUT2D eigenvalue weighted by Gasteiger charge is 2.23. The zero-order valence-electron chi connectivity index (χ0n) is 19.9. The molecular formula is C24H32N8O2. The van der Waals surface area contributed by atoms with Crippen LogP contribution in [0, 0.1) is 0 Å². The number of amides is 1. The monoisotopic (exact) mass is 464 g/mol. The number of ether oxygens (including phenoxy) is 1. The van der Waals surface area contributed by atoms with Crippen LogP contribution in [0.15, 0.2) is 36.7 Å². The number of carbonyl (C=O) groups is 1. The number of anilines is 3. The van der Waals surface area contributed by atoms with Crippen LogP contribution in [-0.2, 0) is 0 Å². The molecule has 0 aliphatic carbocycles. The maximum atomic E-state index is 12.2. The third-order valence-corrected chi connectivity index (χ3v) is 5.98. The Balaban J connectivity index is 1.62. The van der Waals surface area contributed by atoms with Gasteiger partial charge in [0.1, 0.15) is 11.4 Å². The Morgan fingerprint density at radius 3 is 2.68 bits per heavy atom. The quantitative estimate of drug-likeness (QED) is 0.429. The maximum absolute atomic E-state index is 12.2. The Bertz CT molecular complexity index is 1150. The van der Waals surface area contributed by atoms with Gasteiger partial charge in [0, 0.05) is 37.0 Å². The molecule has 1 aliphatic rings. The van der Waals surface area contributed by atoms with Crippen LogP contribution < -0.4 is 21.5 Å². The maximum Gasteiger partial charge on any atom is 0.271 e. The third kappa shape index (κ3) is 5.28. The molecule has 3 heterocycles. The van der Waals surface area contributed by atoms with Crippen molar-refractivity contribution in [2.24, 2.45) is 5.73 Å². The molecule has 10 nitrogen and oxygen atoms in total. The van der Waals surface area contributed by atoms with E-state index < -0.39 is 5.91 Å². The molecule has 1 fully saturated rings. The summed E-state index contributed by atoms with van der Waals surface area (Å²) in [6, 6.07) is 7.39. The Morgan fingerprint density at radius 1 is 1.26 bits per heavy atom. The van der Waals surface area contributed by atoms with Crippen LogP contribution in [0.2, 0.25) is 0 Å². The first-order valence-electron chi connectivity index (χ1n) is 11.6. The summed E-state index contributed by atoms with van der Waals surface area (Å²) >= 11 is 0. The second kappa shape index (κ2) is 10.1. The van der Waals surface area contributed by atoms with Crippen molar-refractivity contribution >= 4 is 23.1 Å². The van der Waals surface area contributed by atoms with E-state index in [1.54, 1.807) is 30.5 Å². The van der Waals surface area contributed by atoms with Gasteiger partial charge in [0.25, 0.3) is 5.91 Å². The predicted molar refractivity (Wildman–Crippen MR) is 131 cm³/mol. The van der Waals surface area contributed by atoms with E-state index in [1.807, 2.05) is 24.7 Å². The number of carbonyl (C=O) groups excluding carboxylic acids is 1. The van der Waals surface area contributed by atoms with E-state index in [1.165, 1.54) is 0 Å². The first kappa shape index (κ1) is 23.5. The van der Waals surface area contributed by atoms with Gasteiger partial charge in [0.05, 0.1) is 17.9 Å². The number of nitrogens with two attached hydrogens (primary N) is 2. The van der Waals surface area contributed by atoms with Crippen molar-refractivity contribution in [3.8, 4) is 11.6 Å². The Morgan fingerprint density at radius 2 is 2.03 bits per heavy atom. The van der Waals surface area contributed by atoms with Gasteiger partial charge in [0.15, 0.2) is 11.5 Å². The molecule has 10 heteroatoms. The molecule has 4 rings (SSSR count). The second-order valence-electron chi connectivity index (χ2n) is 8.80. The van der Waals surface area contributed by atoms with Crippen molar-refractivity contribution < 1.29 is 9.53 Å². The molecule has 1 aromatic carbocycles. The van der Waals surface area contributed by atoms with Crippen molar-refractivity contribution in [2.75, 3.05) is 30.7 Å². The number of nitrogen functional groups attached to an aromatic ring is 1. The van der Waals surface area contributed by atoms with Gasteiger partial charge in [-0.2, -0.15) is 10.1 Å². The summed E-state index contributed by atoms with van der Waals surface area (Å²) in [5, 5.41) is 7.70. The number of nitrogens with one attached hydrogen (secondary N) is 1. The van der Waals surface area contributed by atoms with Gasteiger partial charge in [-0.1, -0.05) is 26.8 Å². The van der Waals surface area contributed by atoms with Crippen molar-refractivity contribution in [2.45, 2.75) is 45.6 Å². The molecule has 2 aromatic heterocycles. The fourth-order valence-electron chi connectivity index (χ4n) is 4.07. The molecule has 180 valence electrons. The van der Waals surface area contributed by atoms with E-state index in [-0.39, 0.29) is 23.3 Å². The van der Waals surface area contributed by atoms with Gasteiger partial charge in [-0.3, -0.25) is 9.48 Å². The Labute approximate surface area is 199 Å². The molecule has 0 atom stereocenters. The molecule has 0 radical (unpaired) electrons. The highest BCUT2D eigenvalue weighted by atomic mass is 16.5. The van der Waals surface area contributed by atoms with Gasteiger partial charge >= 0.3 is 0 Å². The van der Waals surface area contributed by atoms with E-state index in [4.69, 9.17) is 16.2 Å². The molecule has 1 amide bonds. The SMILES string of the molecule is CCN1CCC(n2cc(Nc3nc(Oc4cccc(N)c4)c(C(C)C)nc3C(N)=O)cn2)CC1. The molecule has 3 aromatic rings. The Kier molecular flexibility index (Phi) is 6.97. The number of primary amides is 1. The highest BCUT2D eigenvalue weighted by Crippen LogP contribution is 2.32. The lowest BCUT2D eigenvalue weighted by molar-refractivity contribution is 0.0995. The Hall–Kier alpha value is -3.66. The van der Waals surface area contributed by atoms with Crippen molar-refractivity contribution in [3.05, 3.63) is 48.0 Å². The summed E-state index contributed by atoms with van der Waals surface area (Å²) in [7, 11) is 0. The fourth-order valence-corrected chi connectivity index (χ4v) is 4.07. The molecule has 0 saturated carbocycles. The topological polar surface area (TPSA) is 137 Å². The number of hydrogen-bond donors (Lipinski definition) is 3. The number of aromatic nitrogens is 4. The lowest BCUT2D eigenvalue weighted by Crippen LogP contribution is -2.34. The summed E-state index contributed by atoms with van der Waals surface area (Å²) in [5.74, 6) is 0.308. The number of likely N-dealkylation sites (tertiary alicyclic amines) is 1. The van der Waals surface area contributed by atoms with E-state index in [0.717, 1.165) is 32.5 Å². The molecular weight excluding hydrogens is 432 g/mol. The number of nitrogens with zero attached hydrogens (tertiary/aromatic N) is 5. The molecule has 34 heavy (non-hydrogen) atoms. The summed E-state index contributed by atoms with van der Waals surface area (Å²) in [4.78, 5) is 23.8. The minimum atomic E-state index is -0.674. The lowest BCUT2D eigenvalue weighted by Gasteiger charge is -2.31. The van der Waals surface area contributed by atoms with Crippen LogP contribution in [-0.4, -0.2) is 50.2 Å². The standard InChI is InChI=1S/C24H32N8O2/c1-4-31-10-8-18(9-11-31)32-14-17(13-27-32)28-23-21(22(26)33)29-20(15(2)3)24(30-23)34-19-7-5-6-16(25)12-19/h5-7,12-15,18H,4,8-11,25H2,1-3H3,(H2,26,33)(H,28,30). The van der Waals surface area contributed by atoms with E-state index in [0.29, 0.717) is 28.9 Å². The molecule has 0 unspecified atom stereocenters. The predicted octanol–water partition coefficient (Wildman–Crippen LogP) is 3.67. The number of piperidine rings is 1. The van der Waals surface area contributed by atoms with Crippen LogP contribution >= 0.6 is 0 Å². The van der Waals surface area contributed by atoms with Crippen molar-refractivity contribution in [1.29, 1.82) is 0 Å². The van der Waals surface area contributed by atoms with Crippen LogP contribution in [0.25, 0.3) is 0 Å². The zero-order chi connectivity index (χ0) is 24.2. The van der Waals surface area contributed by atoms with Crippen LogP contribution in [0.3, 0.4) is 0 Å². The van der Waals surface area contributed by atoms with Crippen LogP contribution in [0.4, 0.5) is 17.2 Å². The average molecular weight is 465 g/mol. The van der Waals surface area contributed by atoms with Crippen LogP contribution in [0.5, 0.6) is 11.6 Å².